The van der Waals surface area contributed by atoms with Crippen molar-refractivity contribution in [3.8, 4) is 22.7 Å². The van der Waals surface area contributed by atoms with Gasteiger partial charge in [0.2, 0.25) is 0 Å². The van der Waals surface area contributed by atoms with Crippen molar-refractivity contribution >= 4 is 23.4 Å². The zero-order chi connectivity index (χ0) is 27.5. The molecule has 0 aliphatic carbocycles. The second-order valence-corrected chi connectivity index (χ2v) is 9.71. The third-order valence-electron chi connectivity index (χ3n) is 6.76. The Morgan fingerprint density at radius 2 is 1.50 bits per heavy atom. The number of hydrazone groups is 1. The molecule has 0 bridgehead atoms. The number of amides is 1. The van der Waals surface area contributed by atoms with E-state index in [1.165, 1.54) is 10.6 Å². The van der Waals surface area contributed by atoms with E-state index in [1.54, 1.807) is 0 Å². The first-order valence-corrected chi connectivity index (χ1v) is 13.2. The molecule has 0 saturated heterocycles. The number of hydrogen-bond acceptors (Lipinski definition) is 4. The Hall–Kier alpha value is -5.23. The zero-order valence-electron chi connectivity index (χ0n) is 22.4. The zero-order valence-corrected chi connectivity index (χ0v) is 22.4. The van der Waals surface area contributed by atoms with E-state index in [4.69, 9.17) is 9.84 Å². The SMILES string of the molecule is CC1=NN(c2ccccc2)C(=O)/C1=C\c1cn(-c2ccccc2)nc1-c1cccc(OCc2ccc(C)cc2)c1. The minimum atomic E-state index is -0.169. The highest BCUT2D eigenvalue weighted by atomic mass is 16.5. The van der Waals surface area contributed by atoms with Gasteiger partial charge in [0.25, 0.3) is 5.91 Å². The van der Waals surface area contributed by atoms with Gasteiger partial charge in [-0.25, -0.2) is 4.68 Å². The quantitative estimate of drug-likeness (QED) is 0.211. The highest BCUT2D eigenvalue weighted by Gasteiger charge is 2.29. The van der Waals surface area contributed by atoms with Crippen LogP contribution < -0.4 is 9.75 Å². The molecule has 1 aliphatic rings. The van der Waals surface area contributed by atoms with Gasteiger partial charge in [-0.3, -0.25) is 4.79 Å². The minimum Gasteiger partial charge on any atom is -0.489 e. The molecule has 5 aromatic rings. The second-order valence-electron chi connectivity index (χ2n) is 9.71. The largest absolute Gasteiger partial charge is 0.489 e. The number of rotatable bonds is 7. The standard InChI is InChI=1S/C34H28N4O2/c1-24-16-18-26(19-17-24)23-40-31-15-9-10-27(20-31)33-28(22-37(36-33)29-11-5-3-6-12-29)21-32-25(2)35-38(34(32)39)30-13-7-4-8-14-30/h3-22H,23H2,1-2H3/b32-21-. The van der Waals surface area contributed by atoms with Gasteiger partial charge in [0.1, 0.15) is 18.1 Å². The van der Waals surface area contributed by atoms with Gasteiger partial charge < -0.3 is 4.74 Å². The molecule has 0 spiro atoms. The molecule has 6 nitrogen and oxygen atoms in total. The number of hydrogen-bond donors (Lipinski definition) is 0. The first kappa shape index (κ1) is 25.1. The Bertz CT molecular complexity index is 1720. The first-order valence-electron chi connectivity index (χ1n) is 13.2. The summed E-state index contributed by atoms with van der Waals surface area (Å²) in [5.74, 6) is 0.577. The highest BCUT2D eigenvalue weighted by molar-refractivity contribution is 6.32. The number of para-hydroxylation sites is 2. The van der Waals surface area contributed by atoms with E-state index in [-0.39, 0.29) is 5.91 Å². The maximum Gasteiger partial charge on any atom is 0.280 e. The van der Waals surface area contributed by atoms with Gasteiger partial charge in [0, 0.05) is 17.3 Å². The van der Waals surface area contributed by atoms with Crippen LogP contribution in [0.5, 0.6) is 5.75 Å². The Morgan fingerprint density at radius 1 is 0.800 bits per heavy atom. The highest BCUT2D eigenvalue weighted by Crippen LogP contribution is 2.31. The molecule has 1 amide bonds. The lowest BCUT2D eigenvalue weighted by Gasteiger charge is -2.11. The van der Waals surface area contributed by atoms with Crippen molar-refractivity contribution in [3.63, 3.8) is 0 Å². The minimum absolute atomic E-state index is 0.169. The molecule has 0 fully saturated rings. The maximum atomic E-state index is 13.4. The van der Waals surface area contributed by atoms with Gasteiger partial charge in [0.05, 0.1) is 22.7 Å². The number of ether oxygens (including phenoxy) is 1. The fourth-order valence-electron chi connectivity index (χ4n) is 4.60. The van der Waals surface area contributed by atoms with Gasteiger partial charge in [-0.05, 0) is 61.9 Å². The third kappa shape index (κ3) is 5.20. The molecular weight excluding hydrogens is 496 g/mol. The molecule has 0 atom stereocenters. The molecule has 4 aromatic carbocycles. The molecule has 6 rings (SSSR count). The lowest BCUT2D eigenvalue weighted by Crippen LogP contribution is -2.21. The number of nitrogens with zero attached hydrogens (tertiary/aromatic N) is 4. The van der Waals surface area contributed by atoms with Crippen molar-refractivity contribution in [2.24, 2.45) is 5.10 Å². The molecule has 2 heterocycles. The molecule has 40 heavy (non-hydrogen) atoms. The van der Waals surface area contributed by atoms with Crippen molar-refractivity contribution in [1.82, 2.24) is 9.78 Å². The monoisotopic (exact) mass is 524 g/mol. The van der Waals surface area contributed by atoms with Gasteiger partial charge >= 0.3 is 0 Å². The van der Waals surface area contributed by atoms with Crippen molar-refractivity contribution in [2.75, 3.05) is 5.01 Å². The normalized spacial score (nSPS) is 14.1. The summed E-state index contributed by atoms with van der Waals surface area (Å²) < 4.78 is 7.96. The Kier molecular flexibility index (Phi) is 6.81. The lowest BCUT2D eigenvalue weighted by atomic mass is 10.0. The molecule has 196 valence electrons. The van der Waals surface area contributed by atoms with Gasteiger partial charge in [-0.1, -0.05) is 78.4 Å². The number of aromatic nitrogens is 2. The molecule has 1 aromatic heterocycles. The van der Waals surface area contributed by atoms with Crippen LogP contribution in [0.25, 0.3) is 23.0 Å². The van der Waals surface area contributed by atoms with Crippen LogP contribution in [-0.2, 0) is 11.4 Å². The fraction of sp³-hybridized carbons (Fsp3) is 0.0882. The molecule has 1 aliphatic heterocycles. The Morgan fingerprint density at radius 3 is 2.23 bits per heavy atom. The topological polar surface area (TPSA) is 59.7 Å². The van der Waals surface area contributed by atoms with E-state index in [0.29, 0.717) is 17.9 Å². The van der Waals surface area contributed by atoms with Crippen LogP contribution in [-0.4, -0.2) is 21.4 Å². The lowest BCUT2D eigenvalue weighted by molar-refractivity contribution is -0.114. The van der Waals surface area contributed by atoms with Crippen LogP contribution in [0.2, 0.25) is 0 Å². The van der Waals surface area contributed by atoms with Gasteiger partial charge in [0.15, 0.2) is 0 Å². The van der Waals surface area contributed by atoms with Crippen molar-refractivity contribution < 1.29 is 9.53 Å². The molecule has 0 saturated carbocycles. The average Bonchev–Trinajstić information content (AvgIpc) is 3.55. The number of carbonyl (C=O) groups is 1. The fourth-order valence-corrected chi connectivity index (χ4v) is 4.60. The second kappa shape index (κ2) is 10.9. The predicted octanol–water partition coefficient (Wildman–Crippen LogP) is 7.23. The molecule has 0 unspecified atom stereocenters. The van der Waals surface area contributed by atoms with E-state index in [9.17, 15) is 4.79 Å². The molecule has 0 N–H and O–H groups in total. The van der Waals surface area contributed by atoms with Gasteiger partial charge in [-0.2, -0.15) is 15.2 Å². The van der Waals surface area contributed by atoms with Crippen molar-refractivity contribution in [2.45, 2.75) is 20.5 Å². The summed E-state index contributed by atoms with van der Waals surface area (Å²) in [6, 6.07) is 35.6. The van der Waals surface area contributed by atoms with Crippen LogP contribution in [0.3, 0.4) is 0 Å². The van der Waals surface area contributed by atoms with E-state index >= 15 is 0 Å². The summed E-state index contributed by atoms with van der Waals surface area (Å²) in [7, 11) is 0. The van der Waals surface area contributed by atoms with E-state index in [2.05, 4.69) is 36.3 Å². The van der Waals surface area contributed by atoms with Crippen molar-refractivity contribution in [3.05, 3.63) is 138 Å². The smallest absolute Gasteiger partial charge is 0.280 e. The number of aryl methyl sites for hydroxylation is 1. The summed E-state index contributed by atoms with van der Waals surface area (Å²) in [4.78, 5) is 13.4. The number of anilines is 1. The summed E-state index contributed by atoms with van der Waals surface area (Å²) >= 11 is 0. The Labute approximate surface area is 233 Å². The summed E-state index contributed by atoms with van der Waals surface area (Å²) in [6.45, 7) is 4.40. The first-order chi connectivity index (χ1) is 19.5. The third-order valence-corrected chi connectivity index (χ3v) is 6.76. The van der Waals surface area contributed by atoms with Crippen LogP contribution in [0.1, 0.15) is 23.6 Å². The average molecular weight is 525 g/mol. The van der Waals surface area contributed by atoms with E-state index in [0.717, 1.165) is 39.5 Å². The number of benzene rings is 4. The number of carbonyl (C=O) groups excluding carboxylic acids is 1. The van der Waals surface area contributed by atoms with E-state index in [1.807, 2.05) is 109 Å². The molecule has 0 radical (unpaired) electrons. The summed E-state index contributed by atoms with van der Waals surface area (Å²) in [6.07, 6.45) is 3.83. The molecular formula is C34H28N4O2. The predicted molar refractivity (Wildman–Crippen MR) is 160 cm³/mol. The molecule has 6 heteroatoms. The van der Waals surface area contributed by atoms with Crippen LogP contribution >= 0.6 is 0 Å². The van der Waals surface area contributed by atoms with Crippen LogP contribution in [0.15, 0.2) is 126 Å². The summed E-state index contributed by atoms with van der Waals surface area (Å²) in [5, 5.41) is 10.9. The Balaban J connectivity index is 1.36. The van der Waals surface area contributed by atoms with Crippen LogP contribution in [0, 0.1) is 6.92 Å². The van der Waals surface area contributed by atoms with E-state index < -0.39 is 0 Å². The van der Waals surface area contributed by atoms with Crippen LogP contribution in [0.4, 0.5) is 5.69 Å². The van der Waals surface area contributed by atoms with Gasteiger partial charge in [-0.15, -0.1) is 0 Å². The maximum absolute atomic E-state index is 13.4. The van der Waals surface area contributed by atoms with Crippen molar-refractivity contribution in [1.29, 1.82) is 0 Å². The summed E-state index contributed by atoms with van der Waals surface area (Å²) in [5.41, 5.74) is 7.61.